The van der Waals surface area contributed by atoms with Gasteiger partial charge in [0.25, 0.3) is 6.43 Å². The van der Waals surface area contributed by atoms with Gasteiger partial charge in [-0.15, -0.1) is 0 Å². The Morgan fingerprint density at radius 2 is 1.79 bits per heavy atom. The van der Waals surface area contributed by atoms with Crippen LogP contribution in [0.4, 0.5) is 22.0 Å². The molecule has 0 N–H and O–H groups in total. The molecule has 0 saturated heterocycles. The summed E-state index contributed by atoms with van der Waals surface area (Å²) >= 11 is 0. The Balaban J connectivity index is 2.13. The van der Waals surface area contributed by atoms with E-state index in [2.05, 4.69) is 5.10 Å². The molecule has 126 valence electrons. The fraction of sp³-hybridized carbons (Fsp3) is 0.235. The Bertz CT molecular complexity index is 833. The number of benzene rings is 1. The molecule has 1 heterocycles. The highest BCUT2D eigenvalue weighted by Gasteiger charge is 2.36. The second kappa shape index (κ2) is 5.89. The summed E-state index contributed by atoms with van der Waals surface area (Å²) < 4.78 is 67.8. The van der Waals surface area contributed by atoms with Crippen molar-refractivity contribution in [3.63, 3.8) is 0 Å². The molecule has 0 amide bonds. The van der Waals surface area contributed by atoms with E-state index in [0.717, 1.165) is 6.08 Å². The summed E-state index contributed by atoms with van der Waals surface area (Å²) in [5, 5.41) is 3.75. The third-order valence-electron chi connectivity index (χ3n) is 3.80. The fourth-order valence-corrected chi connectivity index (χ4v) is 2.67. The molecule has 0 aliphatic heterocycles. The normalized spacial score (nSPS) is 17.0. The number of rotatable bonds is 3. The lowest BCUT2D eigenvalue weighted by Crippen LogP contribution is -2.18. The van der Waals surface area contributed by atoms with Gasteiger partial charge >= 0.3 is 5.92 Å². The maximum Gasteiger partial charge on any atom is 0.302 e. The van der Waals surface area contributed by atoms with E-state index in [1.54, 1.807) is 24.3 Å². The number of aromatic nitrogens is 2. The van der Waals surface area contributed by atoms with Crippen molar-refractivity contribution in [2.45, 2.75) is 18.8 Å². The van der Waals surface area contributed by atoms with Crippen LogP contribution in [-0.4, -0.2) is 15.7 Å². The van der Waals surface area contributed by atoms with Gasteiger partial charge < -0.3 is 0 Å². The van der Waals surface area contributed by atoms with Gasteiger partial charge in [0.05, 0.1) is 0 Å². The van der Waals surface area contributed by atoms with Gasteiger partial charge in [-0.1, -0.05) is 30.3 Å². The summed E-state index contributed by atoms with van der Waals surface area (Å²) in [4.78, 5) is 0. The van der Waals surface area contributed by atoms with E-state index in [0.29, 0.717) is 11.1 Å². The molecule has 2 aromatic rings. The standard InChI is InChI=1S/C17H13F5N2/c1-24-9-13(15(23-24)16(19)20)12-5-3-2-4-11(12)10-6-7-17(21,22)14(18)8-10/h2-6,8-9,16H,7H2,1H3. The molecule has 1 aromatic carbocycles. The predicted octanol–water partition coefficient (Wildman–Crippen LogP) is 5.30. The minimum atomic E-state index is -3.53. The Labute approximate surface area is 134 Å². The quantitative estimate of drug-likeness (QED) is 0.693. The number of allylic oxidation sites excluding steroid dienone is 4. The van der Waals surface area contributed by atoms with Gasteiger partial charge in [-0.2, -0.15) is 13.9 Å². The lowest BCUT2D eigenvalue weighted by Gasteiger charge is -2.19. The molecular formula is C17H13F5N2. The average Bonchev–Trinajstić information content (AvgIpc) is 2.92. The van der Waals surface area contributed by atoms with Crippen molar-refractivity contribution >= 4 is 5.57 Å². The van der Waals surface area contributed by atoms with E-state index in [-0.39, 0.29) is 11.1 Å². The molecule has 0 unspecified atom stereocenters. The van der Waals surface area contributed by atoms with Crippen LogP contribution in [0.15, 0.2) is 48.4 Å². The van der Waals surface area contributed by atoms with Crippen molar-refractivity contribution in [2.75, 3.05) is 0 Å². The first-order valence-corrected chi connectivity index (χ1v) is 7.16. The van der Waals surface area contributed by atoms with Crippen molar-refractivity contribution < 1.29 is 22.0 Å². The summed E-state index contributed by atoms with van der Waals surface area (Å²) in [5.74, 6) is -5.06. The van der Waals surface area contributed by atoms with Crippen LogP contribution in [0.2, 0.25) is 0 Å². The van der Waals surface area contributed by atoms with E-state index in [1.165, 1.54) is 24.0 Å². The largest absolute Gasteiger partial charge is 0.302 e. The Morgan fingerprint density at radius 3 is 2.42 bits per heavy atom. The van der Waals surface area contributed by atoms with Gasteiger partial charge in [0, 0.05) is 25.2 Å². The molecule has 7 heteroatoms. The Kier molecular flexibility index (Phi) is 4.03. The van der Waals surface area contributed by atoms with Crippen LogP contribution in [0.1, 0.15) is 24.1 Å². The van der Waals surface area contributed by atoms with Crippen molar-refractivity contribution in [1.29, 1.82) is 0 Å². The van der Waals surface area contributed by atoms with Crippen LogP contribution in [0, 0.1) is 0 Å². The molecule has 0 atom stereocenters. The minimum absolute atomic E-state index is 0.190. The molecule has 3 rings (SSSR count). The summed E-state index contributed by atoms with van der Waals surface area (Å²) in [7, 11) is 1.51. The molecule has 24 heavy (non-hydrogen) atoms. The van der Waals surface area contributed by atoms with E-state index in [4.69, 9.17) is 0 Å². The lowest BCUT2D eigenvalue weighted by atomic mass is 9.91. The molecule has 1 aliphatic carbocycles. The first-order valence-electron chi connectivity index (χ1n) is 7.16. The van der Waals surface area contributed by atoms with E-state index in [1.807, 2.05) is 0 Å². The van der Waals surface area contributed by atoms with Gasteiger partial charge in [-0.25, -0.2) is 13.2 Å². The highest BCUT2D eigenvalue weighted by atomic mass is 19.3. The summed E-state index contributed by atoms with van der Waals surface area (Å²) in [5.41, 5.74) is 0.809. The van der Waals surface area contributed by atoms with Gasteiger partial charge in [-0.05, 0) is 22.8 Å². The van der Waals surface area contributed by atoms with Gasteiger partial charge in [0.2, 0.25) is 0 Å². The number of alkyl halides is 4. The molecule has 0 spiro atoms. The summed E-state index contributed by atoms with van der Waals surface area (Å²) in [6.07, 6.45) is -0.168. The second-order valence-corrected chi connectivity index (χ2v) is 5.51. The van der Waals surface area contributed by atoms with Crippen LogP contribution in [0.25, 0.3) is 16.7 Å². The number of aryl methyl sites for hydroxylation is 1. The van der Waals surface area contributed by atoms with Crippen molar-refractivity contribution in [2.24, 2.45) is 7.05 Å². The molecular weight excluding hydrogens is 327 g/mol. The zero-order chi connectivity index (χ0) is 17.5. The third-order valence-corrected chi connectivity index (χ3v) is 3.80. The van der Waals surface area contributed by atoms with Gasteiger partial charge in [-0.3, -0.25) is 4.68 Å². The number of halogens is 5. The zero-order valence-corrected chi connectivity index (χ0v) is 12.6. The van der Waals surface area contributed by atoms with E-state index in [9.17, 15) is 22.0 Å². The number of hydrogen-bond donors (Lipinski definition) is 0. The Hall–Kier alpha value is -2.44. The number of hydrogen-bond acceptors (Lipinski definition) is 1. The highest BCUT2D eigenvalue weighted by molar-refractivity contribution is 5.87. The monoisotopic (exact) mass is 340 g/mol. The van der Waals surface area contributed by atoms with Crippen LogP contribution in [-0.2, 0) is 7.05 Å². The molecule has 1 aliphatic rings. The van der Waals surface area contributed by atoms with Crippen molar-refractivity contribution in [3.05, 3.63) is 59.7 Å². The SMILES string of the molecule is Cn1cc(-c2ccccc2C2=CCC(F)(F)C(F)=C2)c(C(F)F)n1. The topological polar surface area (TPSA) is 17.8 Å². The lowest BCUT2D eigenvalue weighted by molar-refractivity contribution is 0.0204. The molecule has 0 saturated carbocycles. The first kappa shape index (κ1) is 16.4. The van der Waals surface area contributed by atoms with Crippen LogP contribution < -0.4 is 0 Å². The second-order valence-electron chi connectivity index (χ2n) is 5.51. The van der Waals surface area contributed by atoms with Gasteiger partial charge in [0.15, 0.2) is 5.83 Å². The van der Waals surface area contributed by atoms with E-state index >= 15 is 0 Å². The summed E-state index contributed by atoms with van der Waals surface area (Å²) in [6.45, 7) is 0. The molecule has 0 bridgehead atoms. The predicted molar refractivity (Wildman–Crippen MR) is 80.3 cm³/mol. The smallest absolute Gasteiger partial charge is 0.275 e. The van der Waals surface area contributed by atoms with Crippen molar-refractivity contribution in [3.8, 4) is 11.1 Å². The zero-order valence-electron chi connectivity index (χ0n) is 12.6. The molecule has 1 aromatic heterocycles. The number of nitrogens with zero attached hydrogens (tertiary/aromatic N) is 2. The van der Waals surface area contributed by atoms with Gasteiger partial charge in [0.1, 0.15) is 5.69 Å². The molecule has 0 radical (unpaired) electrons. The van der Waals surface area contributed by atoms with E-state index < -0.39 is 30.3 Å². The van der Waals surface area contributed by atoms with Crippen molar-refractivity contribution in [1.82, 2.24) is 9.78 Å². The minimum Gasteiger partial charge on any atom is -0.275 e. The molecule has 0 fully saturated rings. The third kappa shape index (κ3) is 2.86. The van der Waals surface area contributed by atoms with Crippen LogP contribution in [0.3, 0.4) is 0 Å². The van der Waals surface area contributed by atoms with Crippen LogP contribution >= 0.6 is 0 Å². The molecule has 2 nitrogen and oxygen atoms in total. The fourth-order valence-electron chi connectivity index (χ4n) is 2.67. The Morgan fingerprint density at radius 1 is 1.12 bits per heavy atom. The van der Waals surface area contributed by atoms with Crippen LogP contribution in [0.5, 0.6) is 0 Å². The highest BCUT2D eigenvalue weighted by Crippen LogP contribution is 2.40. The first-order chi connectivity index (χ1) is 11.3. The summed E-state index contributed by atoms with van der Waals surface area (Å²) in [6, 6.07) is 6.43. The maximum atomic E-state index is 13.6. The maximum absolute atomic E-state index is 13.6. The average molecular weight is 340 g/mol.